The third-order valence-electron chi connectivity index (χ3n) is 5.85. The van der Waals surface area contributed by atoms with E-state index in [0.29, 0.717) is 0 Å². The predicted molar refractivity (Wildman–Crippen MR) is 107 cm³/mol. The molecule has 3 rings (SSSR count). The Kier molecular flexibility index (Phi) is 5.73. The van der Waals surface area contributed by atoms with E-state index >= 15 is 0 Å². The van der Waals surface area contributed by atoms with Gasteiger partial charge in [0, 0.05) is 5.56 Å². The Hall–Kier alpha value is -1.79. The van der Waals surface area contributed by atoms with Crippen LogP contribution in [0, 0.1) is 26.2 Å². The van der Waals surface area contributed by atoms with Crippen molar-refractivity contribution in [3.63, 3.8) is 0 Å². The summed E-state index contributed by atoms with van der Waals surface area (Å²) < 4.78 is 12.3. The lowest BCUT2D eigenvalue weighted by Crippen LogP contribution is -2.38. The Morgan fingerprint density at radius 2 is 1.54 bits per heavy atom. The summed E-state index contributed by atoms with van der Waals surface area (Å²) in [5.74, 6) is 0.185. The maximum absolute atomic E-state index is 13.9. The molecular weight excluding hydrogens is 339 g/mol. The molecule has 2 nitrogen and oxygen atoms in total. The molecule has 1 fully saturated rings. The van der Waals surface area contributed by atoms with Crippen molar-refractivity contribution in [1.82, 2.24) is 0 Å². The third-order valence-corrected chi connectivity index (χ3v) is 6.85. The number of hydrogen-bond acceptors (Lipinski definition) is 2. The van der Waals surface area contributed by atoms with E-state index in [0.717, 1.165) is 54.4 Å². The Bertz CT molecular complexity index is 781. The van der Waals surface area contributed by atoms with Crippen LogP contribution in [0.3, 0.4) is 0 Å². The summed E-state index contributed by atoms with van der Waals surface area (Å²) in [5.41, 5.74) is 4.23. The number of aryl methyl sites for hydroxylation is 3. The van der Waals surface area contributed by atoms with Crippen molar-refractivity contribution in [2.45, 2.75) is 58.5 Å². The monoisotopic (exact) mass is 366 g/mol. The van der Waals surface area contributed by atoms with Crippen molar-refractivity contribution in [3.8, 4) is 0 Å². The highest BCUT2D eigenvalue weighted by Crippen LogP contribution is 2.54. The molecule has 1 aliphatic carbocycles. The smallest absolute Gasteiger partial charge is 0.170 e. The molecule has 26 heavy (non-hydrogen) atoms. The van der Waals surface area contributed by atoms with Gasteiger partial charge in [0.05, 0.1) is 11.1 Å². The fourth-order valence-electron chi connectivity index (χ4n) is 4.71. The Morgan fingerprint density at radius 1 is 0.962 bits per heavy atom. The van der Waals surface area contributed by atoms with Gasteiger partial charge in [0.25, 0.3) is 0 Å². The van der Waals surface area contributed by atoms with Gasteiger partial charge in [-0.3, -0.25) is 9.36 Å². The van der Waals surface area contributed by atoms with Crippen molar-refractivity contribution in [2.24, 2.45) is 5.41 Å². The second-order valence-corrected chi connectivity index (χ2v) is 8.47. The zero-order valence-corrected chi connectivity index (χ0v) is 16.8. The van der Waals surface area contributed by atoms with Crippen LogP contribution < -0.4 is 0 Å². The van der Waals surface area contributed by atoms with Crippen LogP contribution in [-0.4, -0.2) is 5.78 Å². The first kappa shape index (κ1) is 19.0. The van der Waals surface area contributed by atoms with Crippen LogP contribution in [0.4, 0.5) is 0 Å². The van der Waals surface area contributed by atoms with Gasteiger partial charge in [-0.15, -0.1) is 0 Å². The number of carbonyl (C=O) groups is 1. The molecule has 0 radical (unpaired) electrons. The maximum Gasteiger partial charge on any atom is 0.170 e. The molecule has 0 aromatic heterocycles. The molecule has 0 amide bonds. The molecule has 2 aromatic rings. The SMILES string of the molecule is Cc1cc(C)c(C(=O)C2(C(P=O)c3ccccc3)CCCCC2)c(C)c1. The van der Waals surface area contributed by atoms with Crippen molar-refractivity contribution in [2.75, 3.05) is 0 Å². The Labute approximate surface area is 158 Å². The maximum atomic E-state index is 13.9. The number of benzene rings is 2. The molecule has 0 heterocycles. The first-order chi connectivity index (χ1) is 12.5. The van der Waals surface area contributed by atoms with Crippen molar-refractivity contribution in [3.05, 3.63) is 70.3 Å². The molecule has 1 aliphatic rings. The van der Waals surface area contributed by atoms with Gasteiger partial charge in [-0.25, -0.2) is 0 Å². The zero-order valence-electron chi connectivity index (χ0n) is 15.9. The van der Waals surface area contributed by atoms with Crippen LogP contribution in [0.1, 0.15) is 70.4 Å². The molecule has 1 saturated carbocycles. The second-order valence-electron chi connectivity index (χ2n) is 7.74. The van der Waals surface area contributed by atoms with E-state index in [-0.39, 0.29) is 19.9 Å². The average molecular weight is 366 g/mol. The lowest BCUT2D eigenvalue weighted by Gasteiger charge is -2.40. The minimum atomic E-state index is -0.576. The molecule has 1 atom stereocenters. The predicted octanol–water partition coefficient (Wildman–Crippen LogP) is 6.78. The summed E-state index contributed by atoms with van der Waals surface area (Å²) in [6.45, 7) is 6.11. The quantitative estimate of drug-likeness (QED) is 0.432. The fraction of sp³-hybridized carbons (Fsp3) is 0.435. The minimum Gasteiger partial charge on any atom is -0.293 e. The largest absolute Gasteiger partial charge is 0.293 e. The number of hydrogen-bond donors (Lipinski definition) is 0. The van der Waals surface area contributed by atoms with Gasteiger partial charge in [0.15, 0.2) is 14.2 Å². The minimum absolute atomic E-state index is 0.0409. The second kappa shape index (κ2) is 7.84. The summed E-state index contributed by atoms with van der Waals surface area (Å²) >= 11 is 0. The van der Waals surface area contributed by atoms with Crippen LogP contribution in [0.5, 0.6) is 0 Å². The Balaban J connectivity index is 2.14. The van der Waals surface area contributed by atoms with E-state index in [9.17, 15) is 9.36 Å². The highest BCUT2D eigenvalue weighted by molar-refractivity contribution is 7.24. The highest BCUT2D eigenvalue weighted by Gasteiger charge is 2.48. The number of Topliss-reactive ketones (excluding diaryl/α,β-unsaturated/α-hetero) is 1. The van der Waals surface area contributed by atoms with Gasteiger partial charge in [-0.05, 0) is 50.3 Å². The topological polar surface area (TPSA) is 34.1 Å². The van der Waals surface area contributed by atoms with Crippen LogP contribution >= 0.6 is 8.46 Å². The van der Waals surface area contributed by atoms with E-state index in [2.05, 4.69) is 19.1 Å². The van der Waals surface area contributed by atoms with Gasteiger partial charge in [-0.1, -0.05) is 67.3 Å². The fourth-order valence-corrected chi connectivity index (χ4v) is 5.58. The lowest BCUT2D eigenvalue weighted by atomic mass is 9.65. The van der Waals surface area contributed by atoms with Crippen molar-refractivity contribution >= 4 is 14.2 Å². The Morgan fingerprint density at radius 3 is 2.08 bits per heavy atom. The average Bonchev–Trinajstić information content (AvgIpc) is 2.63. The zero-order chi connectivity index (χ0) is 18.7. The molecule has 2 aromatic carbocycles. The van der Waals surface area contributed by atoms with E-state index in [1.54, 1.807) is 0 Å². The van der Waals surface area contributed by atoms with E-state index in [4.69, 9.17) is 0 Å². The molecule has 0 N–H and O–H groups in total. The first-order valence-corrected chi connectivity index (χ1v) is 10.4. The van der Waals surface area contributed by atoms with Gasteiger partial charge in [0.2, 0.25) is 0 Å². The van der Waals surface area contributed by atoms with E-state index < -0.39 is 5.41 Å². The van der Waals surface area contributed by atoms with Gasteiger partial charge in [-0.2, -0.15) is 0 Å². The summed E-state index contributed by atoms with van der Waals surface area (Å²) in [6.07, 6.45) is 4.82. The molecule has 0 saturated heterocycles. The number of carbonyl (C=O) groups excluding carboxylic acids is 1. The van der Waals surface area contributed by atoms with Crippen LogP contribution in [-0.2, 0) is 4.57 Å². The van der Waals surface area contributed by atoms with E-state index in [1.807, 2.05) is 44.2 Å². The first-order valence-electron chi connectivity index (χ1n) is 9.49. The van der Waals surface area contributed by atoms with Gasteiger partial charge < -0.3 is 0 Å². The van der Waals surface area contributed by atoms with E-state index in [1.165, 1.54) is 5.56 Å². The molecule has 0 spiro atoms. The lowest BCUT2D eigenvalue weighted by molar-refractivity contribution is 0.0699. The van der Waals surface area contributed by atoms with Gasteiger partial charge in [0.1, 0.15) is 0 Å². The van der Waals surface area contributed by atoms with Crippen LogP contribution in [0.2, 0.25) is 0 Å². The summed E-state index contributed by atoms with van der Waals surface area (Å²) in [6, 6.07) is 14.1. The van der Waals surface area contributed by atoms with Crippen LogP contribution in [0.15, 0.2) is 42.5 Å². The molecule has 136 valence electrons. The molecule has 1 unspecified atom stereocenters. The summed E-state index contributed by atoms with van der Waals surface area (Å²) in [7, 11) is 0.0409. The standard InChI is InChI=1S/C23H27O2P/c1-16-14-17(2)20(18(3)15-16)21(24)23(12-8-5-9-13-23)22(26-25)19-10-6-4-7-11-19/h4,6-7,10-11,14-15,22H,5,8-9,12-13H2,1-3H3. The number of rotatable bonds is 5. The molecular formula is C23H27O2P. The summed E-state index contributed by atoms with van der Waals surface area (Å²) in [5, 5.41) is 0. The van der Waals surface area contributed by atoms with Crippen molar-refractivity contribution in [1.29, 1.82) is 0 Å². The third kappa shape index (κ3) is 3.40. The normalized spacial score (nSPS) is 17.8. The molecule has 3 heteroatoms. The van der Waals surface area contributed by atoms with Crippen LogP contribution in [0.25, 0.3) is 0 Å². The number of ketones is 1. The highest BCUT2D eigenvalue weighted by atomic mass is 31.1. The molecule has 0 bridgehead atoms. The van der Waals surface area contributed by atoms with Gasteiger partial charge >= 0.3 is 0 Å². The van der Waals surface area contributed by atoms with Crippen molar-refractivity contribution < 1.29 is 9.36 Å². The summed E-state index contributed by atoms with van der Waals surface area (Å²) in [4.78, 5) is 13.9. The molecule has 0 aliphatic heterocycles.